The molecule has 4 aromatic rings. The summed E-state index contributed by atoms with van der Waals surface area (Å²) in [5, 5.41) is 11.5. The summed E-state index contributed by atoms with van der Waals surface area (Å²) in [6.07, 6.45) is 3.24. The molecule has 0 atom stereocenters. The number of rotatable bonds is 6. The molecule has 4 heterocycles. The summed E-state index contributed by atoms with van der Waals surface area (Å²) in [4.78, 5) is 30.2. The van der Waals surface area contributed by atoms with Crippen LogP contribution >= 0.6 is 22.7 Å². The van der Waals surface area contributed by atoms with Gasteiger partial charge in [0.25, 0.3) is 0 Å². The third-order valence-electron chi connectivity index (χ3n) is 3.79. The largest absolute Gasteiger partial charge is 0.478 e. The molecule has 0 saturated carbocycles. The number of carboxylic acid groups (broad SMARTS) is 1. The molecule has 0 aliphatic rings. The van der Waals surface area contributed by atoms with Crippen LogP contribution in [0.4, 0.5) is 0 Å². The first-order valence-corrected chi connectivity index (χ1v) is 9.95. The highest BCUT2D eigenvalue weighted by Crippen LogP contribution is 2.32. The lowest BCUT2D eigenvalue weighted by Crippen LogP contribution is -1.98. The van der Waals surface area contributed by atoms with Crippen molar-refractivity contribution >= 4 is 28.6 Å². The molecule has 0 amide bonds. The normalized spacial score (nSPS) is 10.8. The van der Waals surface area contributed by atoms with E-state index in [0.717, 1.165) is 31.8 Å². The second-order valence-electron chi connectivity index (χ2n) is 5.76. The first-order valence-electron chi connectivity index (χ1n) is 8.26. The van der Waals surface area contributed by atoms with E-state index in [1.165, 1.54) is 22.7 Å². The van der Waals surface area contributed by atoms with Crippen molar-refractivity contribution in [1.29, 1.82) is 0 Å². The zero-order valence-corrected chi connectivity index (χ0v) is 16.3. The zero-order valence-electron chi connectivity index (χ0n) is 14.7. The Morgan fingerprint density at radius 2 is 1.93 bits per heavy atom. The standard InChI is InChI=1S/C19H14N4O3S2/c1-11-17(28-16(22-11)9-26-19-20-6-3-7-21-19)14-5-2-4-13(23-14)15-8-12(10-27-15)18(24)25/h2-8,10H,9H2,1H3,(H,24,25). The van der Waals surface area contributed by atoms with Gasteiger partial charge in [-0.2, -0.15) is 0 Å². The van der Waals surface area contributed by atoms with E-state index < -0.39 is 5.97 Å². The molecule has 9 heteroatoms. The second-order valence-corrected chi connectivity index (χ2v) is 7.75. The van der Waals surface area contributed by atoms with E-state index in [1.54, 1.807) is 29.9 Å². The molecule has 7 nitrogen and oxygen atoms in total. The molecule has 0 bridgehead atoms. The van der Waals surface area contributed by atoms with Crippen LogP contribution in [0.1, 0.15) is 21.1 Å². The van der Waals surface area contributed by atoms with Gasteiger partial charge in [-0.15, -0.1) is 22.7 Å². The molecule has 0 saturated heterocycles. The minimum absolute atomic E-state index is 0.267. The average molecular weight is 410 g/mol. The lowest BCUT2D eigenvalue weighted by molar-refractivity contribution is 0.0697. The minimum atomic E-state index is -0.941. The molecule has 0 aliphatic carbocycles. The number of nitrogens with zero attached hydrogens (tertiary/aromatic N) is 4. The number of hydrogen-bond acceptors (Lipinski definition) is 8. The molecule has 4 aromatic heterocycles. The molecular weight excluding hydrogens is 396 g/mol. The van der Waals surface area contributed by atoms with Crippen LogP contribution in [-0.4, -0.2) is 31.0 Å². The monoisotopic (exact) mass is 410 g/mol. The first-order chi connectivity index (χ1) is 13.6. The second kappa shape index (κ2) is 7.83. The fourth-order valence-corrected chi connectivity index (χ4v) is 4.32. The Morgan fingerprint density at radius 3 is 2.68 bits per heavy atom. The van der Waals surface area contributed by atoms with E-state index in [1.807, 2.05) is 25.1 Å². The Balaban J connectivity index is 1.57. The van der Waals surface area contributed by atoms with E-state index in [0.29, 0.717) is 6.01 Å². The average Bonchev–Trinajstić information content (AvgIpc) is 3.34. The van der Waals surface area contributed by atoms with Crippen LogP contribution in [0, 0.1) is 6.92 Å². The molecule has 0 fully saturated rings. The van der Waals surface area contributed by atoms with Crippen molar-refractivity contribution in [3.05, 3.63) is 64.4 Å². The predicted molar refractivity (Wildman–Crippen MR) is 107 cm³/mol. The third kappa shape index (κ3) is 3.90. The van der Waals surface area contributed by atoms with Crippen molar-refractivity contribution in [2.45, 2.75) is 13.5 Å². The minimum Gasteiger partial charge on any atom is -0.478 e. The highest BCUT2D eigenvalue weighted by atomic mass is 32.1. The summed E-state index contributed by atoms with van der Waals surface area (Å²) in [6, 6.07) is 9.37. The van der Waals surface area contributed by atoms with Gasteiger partial charge in [-0.1, -0.05) is 6.07 Å². The van der Waals surface area contributed by atoms with E-state index in [9.17, 15) is 4.79 Å². The summed E-state index contributed by atoms with van der Waals surface area (Å²) in [5.74, 6) is -0.941. The number of aromatic carboxylic acids is 1. The van der Waals surface area contributed by atoms with Gasteiger partial charge in [0, 0.05) is 17.8 Å². The zero-order chi connectivity index (χ0) is 19.5. The fourth-order valence-electron chi connectivity index (χ4n) is 2.52. The van der Waals surface area contributed by atoms with E-state index in [-0.39, 0.29) is 12.2 Å². The highest BCUT2D eigenvalue weighted by molar-refractivity contribution is 7.15. The summed E-state index contributed by atoms with van der Waals surface area (Å²) < 4.78 is 5.57. The topological polar surface area (TPSA) is 98.1 Å². The van der Waals surface area contributed by atoms with Gasteiger partial charge in [0.15, 0.2) is 0 Å². The molecular formula is C19H14N4O3S2. The number of thiophene rings is 1. The van der Waals surface area contributed by atoms with Crippen LogP contribution in [0.5, 0.6) is 6.01 Å². The fraction of sp³-hybridized carbons (Fsp3) is 0.105. The van der Waals surface area contributed by atoms with E-state index in [2.05, 4.69) is 15.0 Å². The van der Waals surface area contributed by atoms with Crippen molar-refractivity contribution < 1.29 is 14.6 Å². The van der Waals surface area contributed by atoms with Crippen LogP contribution in [-0.2, 0) is 6.61 Å². The number of hydrogen-bond donors (Lipinski definition) is 1. The molecule has 0 aromatic carbocycles. The van der Waals surface area contributed by atoms with Gasteiger partial charge >= 0.3 is 12.0 Å². The van der Waals surface area contributed by atoms with Crippen LogP contribution < -0.4 is 4.74 Å². The quantitative estimate of drug-likeness (QED) is 0.506. The number of thiazole rings is 1. The highest BCUT2D eigenvalue weighted by Gasteiger charge is 2.14. The van der Waals surface area contributed by atoms with E-state index in [4.69, 9.17) is 14.8 Å². The summed E-state index contributed by atoms with van der Waals surface area (Å²) >= 11 is 2.86. The first kappa shape index (κ1) is 18.2. The number of carboxylic acids is 1. The van der Waals surface area contributed by atoms with Gasteiger partial charge in [-0.3, -0.25) is 0 Å². The third-order valence-corrected chi connectivity index (χ3v) is 5.89. The Hall–Kier alpha value is -3.17. The van der Waals surface area contributed by atoms with Gasteiger partial charge in [0.1, 0.15) is 11.6 Å². The maximum Gasteiger partial charge on any atom is 0.336 e. The summed E-state index contributed by atoms with van der Waals surface area (Å²) in [6.45, 7) is 2.21. The van der Waals surface area contributed by atoms with Crippen molar-refractivity contribution in [3.63, 3.8) is 0 Å². The number of carbonyl (C=O) groups is 1. The van der Waals surface area contributed by atoms with Gasteiger partial charge in [-0.05, 0) is 31.2 Å². The molecule has 140 valence electrons. The number of pyridine rings is 1. The summed E-state index contributed by atoms with van der Waals surface area (Å²) in [5.41, 5.74) is 2.65. The van der Waals surface area contributed by atoms with Gasteiger partial charge in [0.05, 0.1) is 32.4 Å². The Kier molecular flexibility index (Phi) is 5.09. The van der Waals surface area contributed by atoms with Crippen LogP contribution in [0.25, 0.3) is 21.1 Å². The van der Waals surface area contributed by atoms with Crippen molar-refractivity contribution in [1.82, 2.24) is 19.9 Å². The Labute approximate surface area is 168 Å². The van der Waals surface area contributed by atoms with Crippen LogP contribution in [0.15, 0.2) is 48.1 Å². The molecule has 0 aliphatic heterocycles. The van der Waals surface area contributed by atoms with Crippen molar-refractivity contribution in [2.24, 2.45) is 0 Å². The number of ether oxygens (including phenoxy) is 1. The van der Waals surface area contributed by atoms with Gasteiger partial charge in [0.2, 0.25) is 0 Å². The maximum absolute atomic E-state index is 11.1. The van der Waals surface area contributed by atoms with E-state index >= 15 is 0 Å². The lowest BCUT2D eigenvalue weighted by Gasteiger charge is -2.02. The number of aryl methyl sites for hydroxylation is 1. The van der Waals surface area contributed by atoms with Crippen LogP contribution in [0.3, 0.4) is 0 Å². The van der Waals surface area contributed by atoms with Gasteiger partial charge in [-0.25, -0.2) is 24.7 Å². The molecule has 28 heavy (non-hydrogen) atoms. The molecule has 0 spiro atoms. The maximum atomic E-state index is 11.1. The lowest BCUT2D eigenvalue weighted by atomic mass is 10.2. The van der Waals surface area contributed by atoms with Crippen LogP contribution in [0.2, 0.25) is 0 Å². The molecule has 4 rings (SSSR count). The van der Waals surface area contributed by atoms with Gasteiger partial charge < -0.3 is 9.84 Å². The molecule has 1 N–H and O–H groups in total. The smallest absolute Gasteiger partial charge is 0.336 e. The SMILES string of the molecule is Cc1nc(COc2ncccn2)sc1-c1cccc(-c2cc(C(=O)O)cs2)n1. The summed E-state index contributed by atoms with van der Waals surface area (Å²) in [7, 11) is 0. The Bertz CT molecular complexity index is 1130. The predicted octanol–water partition coefficient (Wildman–Crippen LogP) is 4.31. The number of aromatic nitrogens is 4. The van der Waals surface area contributed by atoms with Crippen molar-refractivity contribution in [3.8, 4) is 27.2 Å². The Morgan fingerprint density at radius 1 is 1.14 bits per heavy atom. The molecule has 0 radical (unpaired) electrons. The van der Waals surface area contributed by atoms with Crippen molar-refractivity contribution in [2.75, 3.05) is 0 Å². The molecule has 0 unspecified atom stereocenters.